The largest absolute Gasteiger partial charge is 0.508 e. The fourth-order valence-corrected chi connectivity index (χ4v) is 1.23. The molecule has 1 rings (SSSR count). The Bertz CT molecular complexity index is 336. The first kappa shape index (κ1) is 9.74. The van der Waals surface area contributed by atoms with Crippen LogP contribution in [-0.2, 0) is 0 Å². The zero-order valence-corrected chi connectivity index (χ0v) is 7.42. The molecule has 13 heavy (non-hydrogen) atoms. The fourth-order valence-electron chi connectivity index (χ4n) is 1.23. The first-order valence-electron chi connectivity index (χ1n) is 3.94. The number of phenols is 1. The quantitative estimate of drug-likeness (QED) is 0.686. The molecule has 0 aliphatic rings. The maximum Gasteiger partial charge on any atom is 0.126 e. The minimum absolute atomic E-state index is 0.00583. The highest BCUT2D eigenvalue weighted by Gasteiger charge is 2.13. The van der Waals surface area contributed by atoms with Crippen LogP contribution < -0.4 is 5.73 Å². The van der Waals surface area contributed by atoms with Crippen molar-refractivity contribution in [1.29, 1.82) is 0 Å². The Labute approximate surface area is 76.5 Å². The Hall–Kier alpha value is -1.35. The van der Waals surface area contributed by atoms with Crippen LogP contribution in [0.1, 0.15) is 17.2 Å². The SMILES string of the molecule is C=C[C@@H](N)c1c(O)ccc(F)c1C. The lowest BCUT2D eigenvalue weighted by Gasteiger charge is -2.12. The van der Waals surface area contributed by atoms with Gasteiger partial charge in [0.1, 0.15) is 11.6 Å². The van der Waals surface area contributed by atoms with Crippen molar-refractivity contribution in [1.82, 2.24) is 0 Å². The third-order valence-corrected chi connectivity index (χ3v) is 2.01. The van der Waals surface area contributed by atoms with Gasteiger partial charge in [0.15, 0.2) is 0 Å². The molecule has 0 aromatic heterocycles. The van der Waals surface area contributed by atoms with Gasteiger partial charge in [-0.1, -0.05) is 6.08 Å². The third kappa shape index (κ3) is 1.70. The predicted molar refractivity (Wildman–Crippen MR) is 49.9 cm³/mol. The first-order chi connectivity index (χ1) is 6.07. The van der Waals surface area contributed by atoms with Crippen LogP contribution in [0.4, 0.5) is 4.39 Å². The van der Waals surface area contributed by atoms with Crippen molar-refractivity contribution in [3.63, 3.8) is 0 Å². The second-order valence-electron chi connectivity index (χ2n) is 2.87. The zero-order chi connectivity index (χ0) is 10.0. The standard InChI is InChI=1S/C10H12FNO/c1-3-8(12)10-6(2)7(11)4-5-9(10)13/h3-5,8,13H,1,12H2,2H3/t8-/m1/s1. The summed E-state index contributed by atoms with van der Waals surface area (Å²) in [6.45, 7) is 5.07. The number of nitrogens with two attached hydrogens (primary N) is 1. The first-order valence-corrected chi connectivity index (χ1v) is 3.94. The average molecular weight is 181 g/mol. The highest BCUT2D eigenvalue weighted by atomic mass is 19.1. The molecule has 70 valence electrons. The van der Waals surface area contributed by atoms with Gasteiger partial charge in [-0.3, -0.25) is 0 Å². The van der Waals surface area contributed by atoms with Crippen molar-refractivity contribution in [2.75, 3.05) is 0 Å². The van der Waals surface area contributed by atoms with E-state index in [1.54, 1.807) is 6.92 Å². The monoisotopic (exact) mass is 181 g/mol. The molecule has 3 heteroatoms. The lowest BCUT2D eigenvalue weighted by atomic mass is 10.0. The molecule has 2 nitrogen and oxygen atoms in total. The number of hydrogen-bond acceptors (Lipinski definition) is 2. The van der Waals surface area contributed by atoms with Crippen LogP contribution >= 0.6 is 0 Å². The summed E-state index contributed by atoms with van der Waals surface area (Å²) in [5, 5.41) is 9.42. The normalized spacial score (nSPS) is 12.5. The van der Waals surface area contributed by atoms with E-state index in [1.165, 1.54) is 18.2 Å². The van der Waals surface area contributed by atoms with Gasteiger partial charge in [-0.05, 0) is 24.6 Å². The van der Waals surface area contributed by atoms with Crippen molar-refractivity contribution in [2.45, 2.75) is 13.0 Å². The van der Waals surface area contributed by atoms with Crippen LogP contribution in [0.3, 0.4) is 0 Å². The summed E-state index contributed by atoms with van der Waals surface area (Å²) in [6.07, 6.45) is 1.46. The van der Waals surface area contributed by atoms with Gasteiger partial charge in [0.05, 0.1) is 6.04 Å². The van der Waals surface area contributed by atoms with E-state index < -0.39 is 6.04 Å². The van der Waals surface area contributed by atoms with E-state index in [4.69, 9.17) is 5.73 Å². The van der Waals surface area contributed by atoms with E-state index in [0.717, 1.165) is 0 Å². The summed E-state index contributed by atoms with van der Waals surface area (Å²) in [6, 6.07) is 1.97. The molecule has 0 spiro atoms. The summed E-state index contributed by atoms with van der Waals surface area (Å²) in [5.41, 5.74) is 6.39. The molecule has 3 N–H and O–H groups in total. The molecular formula is C10H12FNO. The van der Waals surface area contributed by atoms with Crippen LogP contribution in [0.15, 0.2) is 24.8 Å². The Kier molecular flexibility index (Phi) is 2.68. The molecule has 0 aliphatic heterocycles. The topological polar surface area (TPSA) is 46.2 Å². The van der Waals surface area contributed by atoms with Crippen LogP contribution in [0, 0.1) is 12.7 Å². The van der Waals surface area contributed by atoms with E-state index in [9.17, 15) is 9.50 Å². The van der Waals surface area contributed by atoms with Gasteiger partial charge in [0.2, 0.25) is 0 Å². The molecule has 0 unspecified atom stereocenters. The maximum absolute atomic E-state index is 13.1. The van der Waals surface area contributed by atoms with Crippen molar-refractivity contribution in [3.8, 4) is 5.75 Å². The zero-order valence-electron chi connectivity index (χ0n) is 7.42. The third-order valence-electron chi connectivity index (χ3n) is 2.01. The molecule has 0 aliphatic carbocycles. The Morgan fingerprint density at radius 3 is 2.77 bits per heavy atom. The van der Waals surface area contributed by atoms with Gasteiger partial charge in [0, 0.05) is 5.56 Å². The van der Waals surface area contributed by atoms with E-state index in [1.807, 2.05) is 0 Å². The van der Waals surface area contributed by atoms with E-state index in [0.29, 0.717) is 11.1 Å². The number of rotatable bonds is 2. The number of hydrogen-bond donors (Lipinski definition) is 2. The minimum Gasteiger partial charge on any atom is -0.508 e. The number of halogens is 1. The molecule has 0 fully saturated rings. The Morgan fingerprint density at radius 2 is 2.23 bits per heavy atom. The molecule has 1 atom stereocenters. The van der Waals surface area contributed by atoms with Crippen LogP contribution in [0.25, 0.3) is 0 Å². The molecule has 0 saturated heterocycles. The molecule has 0 heterocycles. The summed E-state index contributed by atoms with van der Waals surface area (Å²) in [4.78, 5) is 0. The summed E-state index contributed by atoms with van der Waals surface area (Å²) in [7, 11) is 0. The smallest absolute Gasteiger partial charge is 0.126 e. The van der Waals surface area contributed by atoms with Gasteiger partial charge < -0.3 is 10.8 Å². The summed E-state index contributed by atoms with van der Waals surface area (Å²) < 4.78 is 13.1. The highest BCUT2D eigenvalue weighted by molar-refractivity contribution is 5.43. The Balaban J connectivity index is 3.32. The van der Waals surface area contributed by atoms with Crippen molar-refractivity contribution in [2.24, 2.45) is 5.73 Å². The summed E-state index contributed by atoms with van der Waals surface area (Å²) >= 11 is 0. The van der Waals surface area contributed by atoms with Gasteiger partial charge in [0.25, 0.3) is 0 Å². The summed E-state index contributed by atoms with van der Waals surface area (Å²) in [5.74, 6) is -0.364. The highest BCUT2D eigenvalue weighted by Crippen LogP contribution is 2.28. The number of aromatic hydroxyl groups is 1. The molecule has 0 radical (unpaired) electrons. The number of benzene rings is 1. The predicted octanol–water partition coefficient (Wildman–Crippen LogP) is 2.03. The van der Waals surface area contributed by atoms with Gasteiger partial charge in [-0.15, -0.1) is 6.58 Å². The molecule has 0 bridgehead atoms. The van der Waals surface area contributed by atoms with Crippen LogP contribution in [0.5, 0.6) is 5.75 Å². The Morgan fingerprint density at radius 1 is 1.62 bits per heavy atom. The molecule has 0 saturated carbocycles. The van der Waals surface area contributed by atoms with E-state index >= 15 is 0 Å². The molecule has 1 aromatic rings. The van der Waals surface area contributed by atoms with Crippen LogP contribution in [-0.4, -0.2) is 5.11 Å². The van der Waals surface area contributed by atoms with Crippen molar-refractivity contribution in [3.05, 3.63) is 41.7 Å². The second kappa shape index (κ2) is 3.58. The van der Waals surface area contributed by atoms with E-state index in [2.05, 4.69) is 6.58 Å². The maximum atomic E-state index is 13.1. The van der Waals surface area contributed by atoms with Crippen molar-refractivity contribution < 1.29 is 9.50 Å². The minimum atomic E-state index is -0.532. The van der Waals surface area contributed by atoms with E-state index in [-0.39, 0.29) is 11.6 Å². The van der Waals surface area contributed by atoms with Crippen molar-refractivity contribution >= 4 is 0 Å². The lowest BCUT2D eigenvalue weighted by Crippen LogP contribution is -2.09. The van der Waals surface area contributed by atoms with Crippen LogP contribution in [0.2, 0.25) is 0 Å². The molecule has 0 amide bonds. The van der Waals surface area contributed by atoms with Gasteiger partial charge in [-0.2, -0.15) is 0 Å². The molecular weight excluding hydrogens is 169 g/mol. The fraction of sp³-hybridized carbons (Fsp3) is 0.200. The number of phenolic OH excluding ortho intramolecular Hbond substituents is 1. The van der Waals surface area contributed by atoms with Gasteiger partial charge in [-0.25, -0.2) is 4.39 Å². The van der Waals surface area contributed by atoms with Gasteiger partial charge >= 0.3 is 0 Å². The molecule has 1 aromatic carbocycles. The lowest BCUT2D eigenvalue weighted by molar-refractivity contribution is 0.461. The second-order valence-corrected chi connectivity index (χ2v) is 2.87. The average Bonchev–Trinajstić information content (AvgIpc) is 2.12.